The lowest BCUT2D eigenvalue weighted by atomic mass is 10.3. The monoisotopic (exact) mass is 1150 g/mol. The third-order valence-corrected chi connectivity index (χ3v) is 12.9. The van der Waals surface area contributed by atoms with Crippen molar-refractivity contribution >= 4 is 93.4 Å². The highest BCUT2D eigenvalue weighted by atomic mass is 16.2. The Bertz CT molecular complexity index is 3850. The van der Waals surface area contributed by atoms with Crippen LogP contribution in [0, 0.1) is 0 Å². The largest absolute Gasteiger partial charge is 0.351 e. The number of carbonyl (C=O) groups excluding carboxylic acids is 9. The third kappa shape index (κ3) is 14.2. The first-order chi connectivity index (χ1) is 39.9. The Morgan fingerprint density at radius 2 is 0.750 bits per heavy atom. The quantitative estimate of drug-likeness (QED) is 0.0415. The number of hydrogen-bond acceptors (Lipinski definition) is 14. The van der Waals surface area contributed by atoms with E-state index in [-0.39, 0.29) is 89.0 Å². The van der Waals surface area contributed by atoms with E-state index >= 15 is 0 Å². The molecule has 0 aliphatic heterocycles. The second kappa shape index (κ2) is 25.3. The summed E-state index contributed by atoms with van der Waals surface area (Å²) in [5.74, 6) is -4.31. The highest BCUT2D eigenvalue weighted by molar-refractivity contribution is 6.09. The van der Waals surface area contributed by atoms with Gasteiger partial charge >= 0.3 is 0 Å². The molecular formula is C53H64N22O9. The second-order valence-electron chi connectivity index (χ2n) is 20.0. The number of nitrogens with zero attached hydrogens (tertiary/aromatic N) is 13. The zero-order valence-electron chi connectivity index (χ0n) is 47.7. The molecule has 9 amide bonds. The van der Waals surface area contributed by atoms with E-state index in [1.807, 2.05) is 19.0 Å². The number of nitrogens with one attached hydrogen (secondary N) is 9. The van der Waals surface area contributed by atoms with Gasteiger partial charge in [0.25, 0.3) is 47.3 Å². The normalized spacial score (nSPS) is 11.1. The lowest BCUT2D eigenvalue weighted by Gasteiger charge is -2.10. The number of hydrogen-bond donors (Lipinski definition) is 9. The predicted octanol–water partition coefficient (Wildman–Crippen LogP) is 2.32. The maximum Gasteiger partial charge on any atom is 0.292 e. The lowest BCUT2D eigenvalue weighted by Crippen LogP contribution is -2.28. The molecular weight excluding hydrogens is 1090 g/mol. The molecule has 0 spiro atoms. The first kappa shape index (κ1) is 59.3. The van der Waals surface area contributed by atoms with Gasteiger partial charge in [-0.15, -0.1) is 0 Å². The molecule has 0 aromatic carbocycles. The van der Waals surface area contributed by atoms with Crippen molar-refractivity contribution in [2.45, 2.75) is 19.3 Å². The molecule has 84 heavy (non-hydrogen) atoms. The smallest absolute Gasteiger partial charge is 0.292 e. The Morgan fingerprint density at radius 3 is 1.19 bits per heavy atom. The molecule has 8 heterocycles. The lowest BCUT2D eigenvalue weighted by molar-refractivity contribution is -0.116. The minimum atomic E-state index is -0.679. The molecule has 31 heteroatoms. The van der Waals surface area contributed by atoms with Crippen molar-refractivity contribution in [2.24, 2.45) is 56.4 Å². The molecule has 0 unspecified atom stereocenters. The molecule has 0 bridgehead atoms. The van der Waals surface area contributed by atoms with E-state index in [0.717, 1.165) is 13.0 Å². The molecule has 440 valence electrons. The van der Waals surface area contributed by atoms with Crippen molar-refractivity contribution in [1.82, 2.24) is 72.0 Å². The molecule has 8 aromatic heterocycles. The molecule has 0 radical (unpaired) electrons. The van der Waals surface area contributed by atoms with Crippen molar-refractivity contribution in [1.29, 1.82) is 0 Å². The van der Waals surface area contributed by atoms with Gasteiger partial charge in [-0.05, 0) is 57.7 Å². The summed E-state index contributed by atoms with van der Waals surface area (Å²) in [5.41, 5.74) is 2.33. The first-order valence-corrected chi connectivity index (χ1v) is 26.0. The number of amides is 9. The van der Waals surface area contributed by atoms with Gasteiger partial charge in [0.05, 0.1) is 22.7 Å². The van der Waals surface area contributed by atoms with Crippen LogP contribution in [0.1, 0.15) is 104 Å². The minimum absolute atomic E-state index is 0.00818. The van der Waals surface area contributed by atoms with Crippen molar-refractivity contribution in [3.8, 4) is 0 Å². The van der Waals surface area contributed by atoms with Gasteiger partial charge in [0.1, 0.15) is 22.8 Å². The number of aromatic nitrogens is 12. The number of imidazole rings is 4. The summed E-state index contributed by atoms with van der Waals surface area (Å²) in [4.78, 5) is 137. The Hall–Kier alpha value is -10.9. The summed E-state index contributed by atoms with van der Waals surface area (Å²) in [6.07, 6.45) is 14.8. The molecule has 0 aliphatic rings. The van der Waals surface area contributed by atoms with Crippen LogP contribution >= 0.6 is 0 Å². The van der Waals surface area contributed by atoms with Crippen LogP contribution in [0.15, 0.2) is 80.0 Å². The van der Waals surface area contributed by atoms with Gasteiger partial charge in [-0.2, -0.15) is 0 Å². The maximum absolute atomic E-state index is 13.4. The highest BCUT2D eigenvalue weighted by Crippen LogP contribution is 2.22. The highest BCUT2D eigenvalue weighted by Gasteiger charge is 2.24. The van der Waals surface area contributed by atoms with Crippen molar-refractivity contribution < 1.29 is 43.2 Å². The van der Waals surface area contributed by atoms with Crippen LogP contribution < -0.4 is 47.9 Å². The number of rotatable bonds is 23. The van der Waals surface area contributed by atoms with Crippen molar-refractivity contribution in [2.75, 3.05) is 70.9 Å². The van der Waals surface area contributed by atoms with E-state index in [4.69, 9.17) is 0 Å². The van der Waals surface area contributed by atoms with Crippen molar-refractivity contribution in [3.05, 3.63) is 126 Å². The Morgan fingerprint density at radius 1 is 0.393 bits per heavy atom. The van der Waals surface area contributed by atoms with E-state index < -0.39 is 41.4 Å². The van der Waals surface area contributed by atoms with Gasteiger partial charge < -0.3 is 89.3 Å². The molecule has 31 nitrogen and oxygen atoms in total. The van der Waals surface area contributed by atoms with E-state index in [1.54, 1.807) is 107 Å². The summed E-state index contributed by atoms with van der Waals surface area (Å²) in [6.45, 7) is 1.42. The molecule has 0 saturated heterocycles. The fourth-order valence-corrected chi connectivity index (χ4v) is 8.77. The van der Waals surface area contributed by atoms with E-state index in [0.29, 0.717) is 35.0 Å². The molecule has 0 aliphatic carbocycles. The summed E-state index contributed by atoms with van der Waals surface area (Å²) in [5, 5.41) is 24.5. The second-order valence-corrected chi connectivity index (χ2v) is 20.0. The van der Waals surface area contributed by atoms with Crippen LogP contribution in [0.2, 0.25) is 0 Å². The zero-order chi connectivity index (χ0) is 60.7. The summed E-state index contributed by atoms with van der Waals surface area (Å²) < 4.78 is 12.0. The van der Waals surface area contributed by atoms with E-state index in [1.165, 1.54) is 65.8 Å². The van der Waals surface area contributed by atoms with Crippen LogP contribution in [0.25, 0.3) is 0 Å². The number of anilines is 7. The van der Waals surface area contributed by atoms with Crippen LogP contribution in [-0.4, -0.2) is 148 Å². The number of carbonyl (C=O) groups is 9. The van der Waals surface area contributed by atoms with Gasteiger partial charge in [0.15, 0.2) is 23.3 Å². The van der Waals surface area contributed by atoms with Gasteiger partial charge in [-0.25, -0.2) is 19.9 Å². The maximum atomic E-state index is 13.4. The molecule has 0 saturated carbocycles. The summed E-state index contributed by atoms with van der Waals surface area (Å²) in [7, 11) is 16.9. The van der Waals surface area contributed by atoms with E-state index in [9.17, 15) is 43.2 Å². The fraction of sp³-hybridized carbons (Fsp3) is 0.302. The molecule has 8 rings (SSSR count). The minimum Gasteiger partial charge on any atom is -0.351 e. The molecule has 0 fully saturated rings. The Balaban J connectivity index is 0.758. The molecule has 9 N–H and O–H groups in total. The van der Waals surface area contributed by atoms with Crippen LogP contribution in [0.5, 0.6) is 0 Å². The van der Waals surface area contributed by atoms with Gasteiger partial charge in [0, 0.05) is 132 Å². The first-order valence-electron chi connectivity index (χ1n) is 26.0. The fourth-order valence-electron chi connectivity index (χ4n) is 8.77. The van der Waals surface area contributed by atoms with Crippen molar-refractivity contribution in [3.63, 3.8) is 0 Å². The zero-order valence-corrected chi connectivity index (χ0v) is 47.7. The average Bonchev–Trinajstić information content (AvgIpc) is 4.24. The van der Waals surface area contributed by atoms with Gasteiger partial charge in [-0.1, -0.05) is 0 Å². The average molecular weight is 1150 g/mol. The topological polar surface area (TPSA) is 356 Å². The van der Waals surface area contributed by atoms with Crippen LogP contribution in [-0.2, 0) is 61.2 Å². The van der Waals surface area contributed by atoms with Crippen LogP contribution in [0.4, 0.5) is 40.2 Å². The standard InChI is InChI=1S/C53H64N22O9/c1-67(2)17-12-15-55-46(77)34-20-32(25-69(34)4)60-52(83)44-63-40(29-74(44)9)66-53(84)45-62-39(28-75(45)10)65-48(79)36-19-30(23-70(36)5)57-41(76)13-11-14-56-50(81)43-61-38(27-73(43)8)64-49(80)37-21-31(24-72(37)7)58-47(78)35-22-33(26-71(35)6)59-51(82)42-54-16-18-68(42)3/h16,18-29H,11-15,17H2,1-10H3,(H,55,77)(H,56,81)(H,57,76)(H,58,78)(H,59,82)(H,60,83)(H,64,80)(H,65,79)(H,66,84). The summed E-state index contributed by atoms with van der Waals surface area (Å²) >= 11 is 0. The molecule has 8 aromatic rings. The number of aryl methyl sites for hydroxylation is 8. The summed E-state index contributed by atoms with van der Waals surface area (Å²) in [6, 6.07) is 6.00. The Kier molecular flexibility index (Phi) is 17.9. The third-order valence-electron chi connectivity index (χ3n) is 12.9. The molecule has 0 atom stereocenters. The Labute approximate surface area is 479 Å². The SMILES string of the molecule is CN(C)CCCNC(=O)c1cc(NC(=O)c2nc(NC(=O)c3nc(NC(=O)c4cc(NC(=O)CCCNC(=O)c5nc(NC(=O)c6cc(NC(=O)c7cc(NC(=O)c8nccn8C)cn7C)cn6C)cn5C)cn4C)cn3C)cn2C)cn1C. The van der Waals surface area contributed by atoms with Crippen LogP contribution in [0.3, 0.4) is 0 Å². The van der Waals surface area contributed by atoms with Gasteiger partial charge in [-0.3, -0.25) is 43.2 Å². The van der Waals surface area contributed by atoms with E-state index in [2.05, 4.69) is 67.8 Å². The predicted molar refractivity (Wildman–Crippen MR) is 308 cm³/mol. The van der Waals surface area contributed by atoms with Gasteiger partial charge in [0.2, 0.25) is 23.4 Å².